The third-order valence-corrected chi connectivity index (χ3v) is 6.02. The Balaban J connectivity index is 1.54. The quantitative estimate of drug-likeness (QED) is 0.772. The highest BCUT2D eigenvalue weighted by Crippen LogP contribution is 2.29. The van der Waals surface area contributed by atoms with E-state index in [9.17, 15) is 14.0 Å². The fourth-order valence-corrected chi connectivity index (χ4v) is 4.40. The summed E-state index contributed by atoms with van der Waals surface area (Å²) in [5.74, 6) is 0.0194. The van der Waals surface area contributed by atoms with Gasteiger partial charge in [0.05, 0.1) is 17.1 Å². The normalized spacial score (nSPS) is 16.8. The van der Waals surface area contributed by atoms with Gasteiger partial charge in [0.25, 0.3) is 0 Å². The predicted molar refractivity (Wildman–Crippen MR) is 108 cm³/mol. The lowest BCUT2D eigenvalue weighted by atomic mass is 9.98. The highest BCUT2D eigenvalue weighted by atomic mass is 32.1. The molecule has 0 saturated carbocycles. The van der Waals surface area contributed by atoms with Gasteiger partial charge in [-0.15, -0.1) is 11.3 Å². The second-order valence-electron chi connectivity index (χ2n) is 7.12. The minimum atomic E-state index is -0.313. The van der Waals surface area contributed by atoms with E-state index in [2.05, 4.69) is 5.32 Å². The molecule has 1 atom stereocenters. The zero-order valence-electron chi connectivity index (χ0n) is 16.1. The van der Waals surface area contributed by atoms with Crippen LogP contribution in [0.5, 0.6) is 0 Å². The number of piperidine rings is 1. The van der Waals surface area contributed by atoms with Crippen molar-refractivity contribution >= 4 is 23.2 Å². The maximum atomic E-state index is 13.3. The Kier molecular flexibility index (Phi) is 7.14. The smallest absolute Gasteiger partial charge is 0.227 e. The van der Waals surface area contributed by atoms with E-state index in [0.29, 0.717) is 25.1 Å². The monoisotopic (exact) mass is 403 g/mol. The molecule has 0 aliphatic carbocycles. The molecule has 1 aromatic heterocycles. The van der Waals surface area contributed by atoms with Crippen LogP contribution in [0.2, 0.25) is 0 Å². The van der Waals surface area contributed by atoms with Gasteiger partial charge in [-0.3, -0.25) is 9.59 Å². The van der Waals surface area contributed by atoms with Crippen LogP contribution in [0.15, 0.2) is 29.6 Å². The number of nitrogens with one attached hydrogen (secondary N) is 1. The summed E-state index contributed by atoms with van der Waals surface area (Å²) in [6.45, 7) is 3.83. The van der Waals surface area contributed by atoms with Gasteiger partial charge in [-0.25, -0.2) is 9.37 Å². The van der Waals surface area contributed by atoms with Crippen molar-refractivity contribution in [1.82, 2.24) is 15.2 Å². The lowest BCUT2D eigenvalue weighted by Gasteiger charge is -2.32. The van der Waals surface area contributed by atoms with Crippen LogP contribution in [0, 0.1) is 5.82 Å². The molecule has 0 radical (unpaired) electrons. The number of carbonyl (C=O) groups is 2. The first-order valence-corrected chi connectivity index (χ1v) is 10.7. The van der Waals surface area contributed by atoms with Crippen molar-refractivity contribution < 1.29 is 14.0 Å². The van der Waals surface area contributed by atoms with Gasteiger partial charge in [-0.2, -0.15) is 0 Å². The molecule has 2 amide bonds. The topological polar surface area (TPSA) is 62.3 Å². The Hall–Kier alpha value is -2.28. The summed E-state index contributed by atoms with van der Waals surface area (Å²) in [5, 5.41) is 5.96. The van der Waals surface area contributed by atoms with Crippen LogP contribution in [0.25, 0.3) is 0 Å². The van der Waals surface area contributed by atoms with Crippen LogP contribution in [0.4, 0.5) is 4.39 Å². The molecule has 1 N–H and O–H groups in total. The van der Waals surface area contributed by atoms with E-state index in [4.69, 9.17) is 4.98 Å². The molecule has 2 heterocycles. The van der Waals surface area contributed by atoms with Crippen molar-refractivity contribution in [3.05, 3.63) is 51.7 Å². The van der Waals surface area contributed by atoms with Gasteiger partial charge in [-0.1, -0.05) is 19.1 Å². The van der Waals surface area contributed by atoms with Gasteiger partial charge < -0.3 is 10.2 Å². The molecule has 150 valence electrons. The van der Waals surface area contributed by atoms with Crippen molar-refractivity contribution in [3.8, 4) is 0 Å². The fourth-order valence-electron chi connectivity index (χ4n) is 3.42. The molecule has 0 spiro atoms. The van der Waals surface area contributed by atoms with E-state index in [1.165, 1.54) is 12.1 Å². The van der Waals surface area contributed by atoms with E-state index >= 15 is 0 Å². The molecule has 1 saturated heterocycles. The van der Waals surface area contributed by atoms with Gasteiger partial charge in [0, 0.05) is 43.8 Å². The second kappa shape index (κ2) is 9.78. The molecule has 5 nitrogen and oxygen atoms in total. The van der Waals surface area contributed by atoms with E-state index in [1.807, 2.05) is 17.2 Å². The van der Waals surface area contributed by atoms with Crippen molar-refractivity contribution in [1.29, 1.82) is 0 Å². The Morgan fingerprint density at radius 3 is 3.04 bits per heavy atom. The van der Waals surface area contributed by atoms with Crippen molar-refractivity contribution in [2.45, 2.75) is 44.9 Å². The van der Waals surface area contributed by atoms with E-state index in [1.54, 1.807) is 23.5 Å². The molecule has 3 rings (SSSR count). The highest BCUT2D eigenvalue weighted by molar-refractivity contribution is 7.09. The minimum absolute atomic E-state index is 0.0364. The van der Waals surface area contributed by atoms with Crippen LogP contribution >= 0.6 is 11.3 Å². The summed E-state index contributed by atoms with van der Waals surface area (Å²) >= 11 is 1.63. The number of rotatable bonds is 7. The van der Waals surface area contributed by atoms with Crippen LogP contribution in [0.1, 0.15) is 48.4 Å². The number of benzene rings is 1. The predicted octanol–water partition coefficient (Wildman–Crippen LogP) is 3.30. The maximum absolute atomic E-state index is 13.3. The fraction of sp³-hybridized carbons (Fsp3) is 0.476. The Morgan fingerprint density at radius 2 is 2.25 bits per heavy atom. The van der Waals surface area contributed by atoms with Gasteiger partial charge >= 0.3 is 0 Å². The average Bonchev–Trinajstić information content (AvgIpc) is 3.17. The number of nitrogens with zero attached hydrogens (tertiary/aromatic N) is 2. The second-order valence-corrected chi connectivity index (χ2v) is 8.01. The van der Waals surface area contributed by atoms with Crippen LogP contribution < -0.4 is 5.32 Å². The molecule has 0 unspecified atom stereocenters. The largest absolute Gasteiger partial charge is 0.356 e. The van der Waals surface area contributed by atoms with Crippen LogP contribution in [-0.4, -0.2) is 41.3 Å². The summed E-state index contributed by atoms with van der Waals surface area (Å²) in [4.78, 5) is 30.6. The molecule has 1 aliphatic rings. The molecule has 1 fully saturated rings. The molecule has 2 aromatic rings. The first-order chi connectivity index (χ1) is 13.5. The zero-order valence-corrected chi connectivity index (χ0v) is 16.9. The number of halogens is 1. The third kappa shape index (κ3) is 5.61. The number of carbonyl (C=O) groups excluding carboxylic acids is 2. The lowest BCUT2D eigenvalue weighted by Crippen LogP contribution is -2.40. The zero-order chi connectivity index (χ0) is 19.9. The van der Waals surface area contributed by atoms with Crippen molar-refractivity contribution in [2.24, 2.45) is 0 Å². The highest BCUT2D eigenvalue weighted by Gasteiger charge is 2.26. The SMILES string of the molecule is CCC(=O)NCCc1csc([C@H]2CCCN(C(=O)Cc3cccc(F)c3)C2)n1. The maximum Gasteiger partial charge on any atom is 0.227 e. The lowest BCUT2D eigenvalue weighted by molar-refractivity contribution is -0.131. The molecular weight excluding hydrogens is 377 g/mol. The molecular formula is C21H26FN3O2S. The summed E-state index contributed by atoms with van der Waals surface area (Å²) in [6, 6.07) is 6.23. The van der Waals surface area contributed by atoms with Gasteiger partial charge in [-0.05, 0) is 30.5 Å². The summed E-state index contributed by atoms with van der Waals surface area (Å²) in [5.41, 5.74) is 1.69. The van der Waals surface area contributed by atoms with Crippen LogP contribution in [-0.2, 0) is 22.4 Å². The van der Waals surface area contributed by atoms with Gasteiger partial charge in [0.2, 0.25) is 11.8 Å². The molecule has 0 bridgehead atoms. The Bertz CT molecular complexity index is 823. The van der Waals surface area contributed by atoms with E-state index < -0.39 is 0 Å². The molecule has 1 aromatic carbocycles. The van der Waals surface area contributed by atoms with E-state index in [0.717, 1.165) is 36.5 Å². The Morgan fingerprint density at radius 1 is 1.39 bits per heavy atom. The molecule has 7 heteroatoms. The third-order valence-electron chi connectivity index (χ3n) is 4.96. The number of hydrogen-bond donors (Lipinski definition) is 1. The number of thiazole rings is 1. The van der Waals surface area contributed by atoms with Gasteiger partial charge in [0.15, 0.2) is 0 Å². The first-order valence-electron chi connectivity index (χ1n) is 9.78. The summed E-state index contributed by atoms with van der Waals surface area (Å²) < 4.78 is 13.3. The summed E-state index contributed by atoms with van der Waals surface area (Å²) in [7, 11) is 0. The number of amides is 2. The van der Waals surface area contributed by atoms with E-state index in [-0.39, 0.29) is 30.0 Å². The minimum Gasteiger partial charge on any atom is -0.356 e. The standard InChI is InChI=1S/C21H26FN3O2S/c1-2-19(26)23-9-8-18-14-28-21(24-18)16-6-4-10-25(13-16)20(27)12-15-5-3-7-17(22)11-15/h3,5,7,11,14,16H,2,4,6,8-10,12-13H2,1H3,(H,23,26)/t16-/m0/s1. The number of aromatic nitrogens is 1. The number of hydrogen-bond acceptors (Lipinski definition) is 4. The molecule has 28 heavy (non-hydrogen) atoms. The average molecular weight is 404 g/mol. The molecule has 1 aliphatic heterocycles. The number of likely N-dealkylation sites (tertiary alicyclic amines) is 1. The summed E-state index contributed by atoms with van der Waals surface area (Å²) in [6.07, 6.45) is 3.40. The van der Waals surface area contributed by atoms with Crippen LogP contribution in [0.3, 0.4) is 0 Å². The first kappa shape index (κ1) is 20.5. The van der Waals surface area contributed by atoms with Crippen molar-refractivity contribution in [3.63, 3.8) is 0 Å². The Labute approximate surface area is 169 Å². The van der Waals surface area contributed by atoms with Crippen molar-refractivity contribution in [2.75, 3.05) is 19.6 Å². The van der Waals surface area contributed by atoms with Gasteiger partial charge in [0.1, 0.15) is 5.82 Å².